The number of rotatable bonds is 6. The van der Waals surface area contributed by atoms with Crippen molar-refractivity contribution in [2.75, 3.05) is 11.9 Å². The zero-order chi connectivity index (χ0) is 18.4. The van der Waals surface area contributed by atoms with Gasteiger partial charge in [-0.05, 0) is 105 Å². The summed E-state index contributed by atoms with van der Waals surface area (Å²) in [6, 6.07) is 7.27. The van der Waals surface area contributed by atoms with Crippen molar-refractivity contribution in [3.63, 3.8) is 0 Å². The number of carbonyl (C=O) groups excluding carboxylic acids is 2. The maximum atomic E-state index is 12.5. The molecule has 5 saturated carbocycles. The molecule has 4 heteroatoms. The van der Waals surface area contributed by atoms with Crippen molar-refractivity contribution >= 4 is 17.5 Å². The molecule has 0 aromatic heterocycles. The minimum atomic E-state index is -0.000187. The summed E-state index contributed by atoms with van der Waals surface area (Å²) in [5.74, 6) is 3.18. The Bertz CT molecular complexity index is 700. The summed E-state index contributed by atoms with van der Waals surface area (Å²) in [4.78, 5) is 24.3. The lowest BCUT2D eigenvalue weighted by Crippen LogP contribution is -2.47. The molecule has 0 atom stereocenters. The fraction of sp³-hybridized carbons (Fsp3) is 0.652. The van der Waals surface area contributed by atoms with Gasteiger partial charge in [0.1, 0.15) is 0 Å². The van der Waals surface area contributed by atoms with Crippen LogP contribution in [-0.4, -0.2) is 18.4 Å². The highest BCUT2D eigenvalue weighted by atomic mass is 16.2. The van der Waals surface area contributed by atoms with Gasteiger partial charge in [0.15, 0.2) is 0 Å². The molecule has 5 aliphatic carbocycles. The second kappa shape index (κ2) is 6.65. The van der Waals surface area contributed by atoms with Crippen molar-refractivity contribution in [2.45, 2.75) is 57.8 Å². The van der Waals surface area contributed by atoms with Crippen molar-refractivity contribution < 1.29 is 9.59 Å². The summed E-state index contributed by atoms with van der Waals surface area (Å²) in [5, 5.41) is 6.05. The number of nitrogens with one attached hydrogen (secondary N) is 2. The fourth-order valence-electron chi connectivity index (χ4n) is 6.43. The number of hydrogen-bond donors (Lipinski definition) is 2. The summed E-state index contributed by atoms with van der Waals surface area (Å²) >= 11 is 0. The molecule has 0 heterocycles. The maximum absolute atomic E-state index is 12.5. The van der Waals surface area contributed by atoms with E-state index < -0.39 is 0 Å². The predicted octanol–water partition coefficient (Wildman–Crippen LogP) is 4.37. The van der Waals surface area contributed by atoms with Gasteiger partial charge in [-0.3, -0.25) is 9.59 Å². The average Bonchev–Trinajstić information content (AvgIpc) is 3.46. The molecule has 0 radical (unpaired) electrons. The Morgan fingerprint density at radius 2 is 1.52 bits per heavy atom. The Morgan fingerprint density at radius 3 is 2.07 bits per heavy atom. The Morgan fingerprint density at radius 1 is 0.926 bits per heavy atom. The Balaban J connectivity index is 1.12. The van der Waals surface area contributed by atoms with Gasteiger partial charge in [-0.2, -0.15) is 0 Å². The highest BCUT2D eigenvalue weighted by molar-refractivity contribution is 5.96. The van der Waals surface area contributed by atoms with Crippen LogP contribution in [0.1, 0.15) is 68.1 Å². The van der Waals surface area contributed by atoms with Crippen LogP contribution in [0.2, 0.25) is 0 Å². The standard InChI is InChI=1S/C23H30N2O2/c26-21(18-3-5-20(6-4-18)25-22(27)19-1-2-19)24-8-7-23-12-15-9-16(13-23)11-17(10-15)14-23/h3-6,15-17,19H,1-2,7-14H2,(H,24,26)(H,25,27). The maximum Gasteiger partial charge on any atom is 0.251 e. The summed E-state index contributed by atoms with van der Waals surface area (Å²) < 4.78 is 0. The van der Waals surface area contributed by atoms with Gasteiger partial charge in [0.2, 0.25) is 5.91 Å². The van der Waals surface area contributed by atoms with Crippen LogP contribution in [0.3, 0.4) is 0 Å². The van der Waals surface area contributed by atoms with Gasteiger partial charge >= 0.3 is 0 Å². The normalized spacial score (nSPS) is 33.7. The summed E-state index contributed by atoms with van der Waals surface area (Å²) in [6.07, 6.45) is 11.7. The van der Waals surface area contributed by atoms with Gasteiger partial charge in [0.05, 0.1) is 0 Å². The van der Waals surface area contributed by atoms with E-state index in [1.54, 1.807) is 0 Å². The van der Waals surface area contributed by atoms with E-state index in [4.69, 9.17) is 0 Å². The number of benzene rings is 1. The van der Waals surface area contributed by atoms with E-state index in [0.29, 0.717) is 11.0 Å². The molecule has 1 aromatic rings. The molecule has 0 spiro atoms. The first kappa shape index (κ1) is 17.3. The lowest BCUT2D eigenvalue weighted by Gasteiger charge is -2.57. The van der Waals surface area contributed by atoms with Crippen molar-refractivity contribution in [2.24, 2.45) is 29.1 Å². The molecule has 5 aliphatic rings. The molecule has 2 N–H and O–H groups in total. The third-order valence-corrected chi connectivity index (χ3v) is 7.47. The molecule has 2 amide bonds. The molecule has 0 unspecified atom stereocenters. The Kier molecular flexibility index (Phi) is 4.25. The zero-order valence-corrected chi connectivity index (χ0v) is 16.0. The van der Waals surface area contributed by atoms with Gasteiger partial charge in [-0.25, -0.2) is 0 Å². The number of anilines is 1. The Labute approximate surface area is 161 Å². The number of hydrogen-bond acceptors (Lipinski definition) is 2. The predicted molar refractivity (Wildman–Crippen MR) is 105 cm³/mol. The van der Waals surface area contributed by atoms with Crippen LogP contribution < -0.4 is 10.6 Å². The van der Waals surface area contributed by atoms with Crippen molar-refractivity contribution in [1.82, 2.24) is 5.32 Å². The fourth-order valence-corrected chi connectivity index (χ4v) is 6.43. The lowest BCUT2D eigenvalue weighted by atomic mass is 9.49. The van der Waals surface area contributed by atoms with Crippen LogP contribution in [0, 0.1) is 29.1 Å². The quantitative estimate of drug-likeness (QED) is 0.785. The van der Waals surface area contributed by atoms with Crippen LogP contribution in [0.4, 0.5) is 5.69 Å². The first-order chi connectivity index (χ1) is 13.1. The molecular weight excluding hydrogens is 336 g/mol. The second-order valence-corrected chi connectivity index (χ2v) is 9.76. The van der Waals surface area contributed by atoms with E-state index in [9.17, 15) is 9.59 Å². The molecule has 27 heavy (non-hydrogen) atoms. The van der Waals surface area contributed by atoms with E-state index >= 15 is 0 Å². The monoisotopic (exact) mass is 366 g/mol. The van der Waals surface area contributed by atoms with Crippen molar-refractivity contribution in [1.29, 1.82) is 0 Å². The first-order valence-electron chi connectivity index (χ1n) is 10.8. The van der Waals surface area contributed by atoms with Gasteiger partial charge in [0.25, 0.3) is 5.91 Å². The van der Waals surface area contributed by atoms with Crippen LogP contribution in [0.5, 0.6) is 0 Å². The molecule has 1 aromatic carbocycles. The van der Waals surface area contributed by atoms with Gasteiger partial charge in [-0.1, -0.05) is 0 Å². The highest BCUT2D eigenvalue weighted by Gasteiger charge is 2.50. The van der Waals surface area contributed by atoms with E-state index in [1.165, 1.54) is 38.5 Å². The first-order valence-corrected chi connectivity index (χ1v) is 10.8. The molecule has 4 nitrogen and oxygen atoms in total. The van der Waals surface area contributed by atoms with Crippen LogP contribution in [-0.2, 0) is 4.79 Å². The number of carbonyl (C=O) groups is 2. The van der Waals surface area contributed by atoms with Gasteiger partial charge in [-0.15, -0.1) is 0 Å². The van der Waals surface area contributed by atoms with Crippen LogP contribution >= 0.6 is 0 Å². The SMILES string of the molecule is O=C(NCCC12CC3CC(CC(C3)C1)C2)c1ccc(NC(=O)C2CC2)cc1. The lowest BCUT2D eigenvalue weighted by molar-refractivity contribution is -0.117. The van der Waals surface area contributed by atoms with E-state index in [1.807, 2.05) is 24.3 Å². The van der Waals surface area contributed by atoms with E-state index in [0.717, 1.165) is 49.2 Å². The molecular formula is C23H30N2O2. The topological polar surface area (TPSA) is 58.2 Å². The average molecular weight is 367 g/mol. The molecule has 6 rings (SSSR count). The third kappa shape index (κ3) is 3.63. The van der Waals surface area contributed by atoms with Crippen LogP contribution in [0.25, 0.3) is 0 Å². The Hall–Kier alpha value is -1.84. The molecule has 5 fully saturated rings. The molecule has 0 aliphatic heterocycles. The summed E-state index contributed by atoms with van der Waals surface area (Å²) in [6.45, 7) is 0.783. The second-order valence-electron chi connectivity index (χ2n) is 9.76. The van der Waals surface area contributed by atoms with Gasteiger partial charge < -0.3 is 10.6 Å². The summed E-state index contributed by atoms with van der Waals surface area (Å²) in [7, 11) is 0. The smallest absolute Gasteiger partial charge is 0.251 e. The minimum absolute atomic E-state index is 0.000187. The van der Waals surface area contributed by atoms with Crippen molar-refractivity contribution in [3.05, 3.63) is 29.8 Å². The largest absolute Gasteiger partial charge is 0.352 e. The number of amides is 2. The van der Waals surface area contributed by atoms with Crippen molar-refractivity contribution in [3.8, 4) is 0 Å². The molecule has 144 valence electrons. The third-order valence-electron chi connectivity index (χ3n) is 7.47. The van der Waals surface area contributed by atoms with Crippen LogP contribution in [0.15, 0.2) is 24.3 Å². The highest BCUT2D eigenvalue weighted by Crippen LogP contribution is 2.61. The molecule has 4 bridgehead atoms. The zero-order valence-electron chi connectivity index (χ0n) is 16.0. The minimum Gasteiger partial charge on any atom is -0.352 e. The van der Waals surface area contributed by atoms with E-state index in [2.05, 4.69) is 10.6 Å². The van der Waals surface area contributed by atoms with Gasteiger partial charge in [0, 0.05) is 23.7 Å². The summed E-state index contributed by atoms with van der Waals surface area (Å²) in [5.41, 5.74) is 1.96. The van der Waals surface area contributed by atoms with E-state index in [-0.39, 0.29) is 17.7 Å². The molecule has 0 saturated heterocycles.